The van der Waals surface area contributed by atoms with Gasteiger partial charge in [0.05, 0.1) is 18.4 Å². The van der Waals surface area contributed by atoms with Crippen LogP contribution in [-0.4, -0.2) is 52.1 Å². The number of nitrogens with zero attached hydrogens (tertiary/aromatic N) is 4. The number of ketones is 1. The van der Waals surface area contributed by atoms with E-state index >= 15 is 0 Å². The zero-order chi connectivity index (χ0) is 19.5. The van der Waals surface area contributed by atoms with Gasteiger partial charge in [-0.05, 0) is 51.2 Å². The van der Waals surface area contributed by atoms with E-state index in [1.54, 1.807) is 0 Å². The van der Waals surface area contributed by atoms with Crippen molar-refractivity contribution in [2.75, 3.05) is 30.3 Å². The van der Waals surface area contributed by atoms with E-state index in [4.69, 9.17) is 4.74 Å². The lowest BCUT2D eigenvalue weighted by molar-refractivity contribution is 0.0952. The van der Waals surface area contributed by atoms with Gasteiger partial charge in [-0.15, -0.1) is 10.2 Å². The summed E-state index contributed by atoms with van der Waals surface area (Å²) in [7, 11) is 0. The first-order chi connectivity index (χ1) is 13.6. The molecule has 1 aromatic heterocycles. The van der Waals surface area contributed by atoms with E-state index in [1.165, 1.54) is 24.6 Å². The average Bonchev–Trinajstić information content (AvgIpc) is 3.44. The highest BCUT2D eigenvalue weighted by molar-refractivity contribution is 7.99. The molecule has 0 spiro atoms. The highest BCUT2D eigenvalue weighted by atomic mass is 32.2. The molecule has 3 heterocycles. The Bertz CT molecular complexity index is 839. The molecule has 0 unspecified atom stereocenters. The molecule has 0 bridgehead atoms. The van der Waals surface area contributed by atoms with Crippen LogP contribution in [0.1, 0.15) is 47.2 Å². The van der Waals surface area contributed by atoms with Gasteiger partial charge in [-0.1, -0.05) is 29.5 Å². The fourth-order valence-corrected chi connectivity index (χ4v) is 4.76. The van der Waals surface area contributed by atoms with Crippen LogP contribution in [0.4, 0.5) is 5.95 Å². The zero-order valence-electron chi connectivity index (χ0n) is 16.7. The number of ether oxygens (including phenoxy) is 1. The van der Waals surface area contributed by atoms with Crippen molar-refractivity contribution in [2.24, 2.45) is 0 Å². The minimum atomic E-state index is 0.139. The van der Waals surface area contributed by atoms with Gasteiger partial charge in [-0.25, -0.2) is 0 Å². The standard InChI is InChI=1S/C21H28N4O2S/c1-15-7-8-16(2)18(12-15)19(26)14-28-21-23-22-20(24-9-3-4-10-24)25(21)13-17-6-5-11-27-17/h7-8,12,17H,3-6,9-11,13-14H2,1-2H3/t17-/m1/s1. The van der Waals surface area contributed by atoms with Crippen LogP contribution in [0.3, 0.4) is 0 Å². The lowest BCUT2D eigenvalue weighted by Crippen LogP contribution is -2.25. The second-order valence-corrected chi connectivity index (χ2v) is 8.70. The molecule has 0 amide bonds. The lowest BCUT2D eigenvalue weighted by Gasteiger charge is -2.20. The first-order valence-electron chi connectivity index (χ1n) is 10.1. The quantitative estimate of drug-likeness (QED) is 0.522. The molecule has 4 rings (SSSR count). The third kappa shape index (κ3) is 4.25. The normalized spacial score (nSPS) is 19.5. The van der Waals surface area contributed by atoms with Gasteiger partial charge in [-0.2, -0.15) is 0 Å². The number of aryl methyl sites for hydroxylation is 2. The van der Waals surface area contributed by atoms with Crippen LogP contribution in [0.2, 0.25) is 0 Å². The molecule has 2 aliphatic heterocycles. The van der Waals surface area contributed by atoms with Crippen molar-refractivity contribution in [2.45, 2.75) is 57.3 Å². The third-order valence-corrected chi connectivity index (χ3v) is 6.49. The fourth-order valence-electron chi connectivity index (χ4n) is 3.93. The van der Waals surface area contributed by atoms with E-state index in [1.807, 2.05) is 32.0 Å². The summed E-state index contributed by atoms with van der Waals surface area (Å²) in [6.07, 6.45) is 4.79. The Kier molecular flexibility index (Phi) is 6.01. The molecule has 7 heteroatoms. The number of carbonyl (C=O) groups excluding carboxylic acids is 1. The Morgan fingerprint density at radius 3 is 2.79 bits per heavy atom. The molecule has 0 saturated carbocycles. The summed E-state index contributed by atoms with van der Waals surface area (Å²) in [5.74, 6) is 1.43. The molecule has 1 atom stereocenters. The number of Topliss-reactive ketones (excluding diaryl/α,β-unsaturated/α-hetero) is 1. The largest absolute Gasteiger partial charge is 0.376 e. The van der Waals surface area contributed by atoms with Crippen LogP contribution < -0.4 is 4.90 Å². The highest BCUT2D eigenvalue weighted by Crippen LogP contribution is 2.28. The molecule has 0 N–H and O–H groups in total. The van der Waals surface area contributed by atoms with Crippen molar-refractivity contribution >= 4 is 23.5 Å². The predicted molar refractivity (Wildman–Crippen MR) is 111 cm³/mol. The Hall–Kier alpha value is -1.86. The van der Waals surface area contributed by atoms with E-state index in [2.05, 4.69) is 19.7 Å². The first-order valence-corrected chi connectivity index (χ1v) is 11.1. The Morgan fingerprint density at radius 1 is 1.21 bits per heavy atom. The molecule has 2 saturated heterocycles. The van der Waals surface area contributed by atoms with Crippen molar-refractivity contribution in [3.05, 3.63) is 34.9 Å². The molecule has 0 aliphatic carbocycles. The Morgan fingerprint density at radius 2 is 2.04 bits per heavy atom. The molecule has 2 aliphatic rings. The van der Waals surface area contributed by atoms with E-state index in [9.17, 15) is 4.79 Å². The number of thioether (sulfide) groups is 1. The van der Waals surface area contributed by atoms with Crippen LogP contribution in [0.5, 0.6) is 0 Å². The molecule has 1 aromatic carbocycles. The van der Waals surface area contributed by atoms with Crippen molar-refractivity contribution in [1.82, 2.24) is 14.8 Å². The Balaban J connectivity index is 1.51. The van der Waals surface area contributed by atoms with Gasteiger partial charge in [-0.3, -0.25) is 9.36 Å². The first kappa shape index (κ1) is 19.5. The maximum atomic E-state index is 12.8. The van der Waals surface area contributed by atoms with Gasteiger partial charge in [0.1, 0.15) is 0 Å². The Labute approximate surface area is 170 Å². The highest BCUT2D eigenvalue weighted by Gasteiger charge is 2.25. The topological polar surface area (TPSA) is 60.2 Å². The molecule has 0 radical (unpaired) electrons. The molecule has 150 valence electrons. The smallest absolute Gasteiger partial charge is 0.228 e. The summed E-state index contributed by atoms with van der Waals surface area (Å²) in [6, 6.07) is 6.03. The van der Waals surface area contributed by atoms with E-state index in [0.717, 1.165) is 66.9 Å². The number of aromatic nitrogens is 3. The van der Waals surface area contributed by atoms with Crippen molar-refractivity contribution in [3.8, 4) is 0 Å². The zero-order valence-corrected chi connectivity index (χ0v) is 17.5. The van der Waals surface area contributed by atoms with E-state index in [0.29, 0.717) is 5.75 Å². The fraction of sp³-hybridized carbons (Fsp3) is 0.571. The van der Waals surface area contributed by atoms with Crippen molar-refractivity contribution in [3.63, 3.8) is 0 Å². The molecular weight excluding hydrogens is 372 g/mol. The lowest BCUT2D eigenvalue weighted by atomic mass is 10.0. The molecule has 2 aromatic rings. The second kappa shape index (κ2) is 8.66. The number of rotatable bonds is 7. The molecule has 2 fully saturated rings. The predicted octanol–water partition coefficient (Wildman–Crippen LogP) is 3.65. The van der Waals surface area contributed by atoms with Gasteiger partial charge < -0.3 is 9.64 Å². The van der Waals surface area contributed by atoms with Crippen LogP contribution in [0, 0.1) is 13.8 Å². The number of carbonyl (C=O) groups is 1. The van der Waals surface area contributed by atoms with Gasteiger partial charge in [0.2, 0.25) is 5.95 Å². The van der Waals surface area contributed by atoms with Gasteiger partial charge in [0, 0.05) is 25.3 Å². The minimum Gasteiger partial charge on any atom is -0.376 e. The number of anilines is 1. The monoisotopic (exact) mass is 400 g/mol. The number of benzene rings is 1. The summed E-state index contributed by atoms with van der Waals surface area (Å²) in [5, 5.41) is 9.72. The van der Waals surface area contributed by atoms with Crippen molar-refractivity contribution < 1.29 is 9.53 Å². The number of hydrogen-bond acceptors (Lipinski definition) is 6. The van der Waals surface area contributed by atoms with E-state index < -0.39 is 0 Å². The summed E-state index contributed by atoms with van der Waals surface area (Å²) < 4.78 is 8.02. The maximum Gasteiger partial charge on any atom is 0.228 e. The molecule has 6 nitrogen and oxygen atoms in total. The summed E-state index contributed by atoms with van der Waals surface area (Å²) in [4.78, 5) is 15.1. The van der Waals surface area contributed by atoms with Gasteiger partial charge in [0.25, 0.3) is 0 Å². The number of hydrogen-bond donors (Lipinski definition) is 0. The van der Waals surface area contributed by atoms with Crippen LogP contribution in [-0.2, 0) is 11.3 Å². The maximum absolute atomic E-state index is 12.8. The van der Waals surface area contributed by atoms with Gasteiger partial charge in [0.15, 0.2) is 10.9 Å². The van der Waals surface area contributed by atoms with Crippen molar-refractivity contribution in [1.29, 1.82) is 0 Å². The summed E-state index contributed by atoms with van der Waals surface area (Å²) in [5.41, 5.74) is 2.93. The molecular formula is C21H28N4O2S. The summed E-state index contributed by atoms with van der Waals surface area (Å²) in [6.45, 7) is 7.65. The van der Waals surface area contributed by atoms with Crippen LogP contribution in [0.15, 0.2) is 23.4 Å². The second-order valence-electron chi connectivity index (χ2n) is 7.75. The molecule has 28 heavy (non-hydrogen) atoms. The van der Waals surface area contributed by atoms with Crippen LogP contribution >= 0.6 is 11.8 Å². The van der Waals surface area contributed by atoms with E-state index in [-0.39, 0.29) is 11.9 Å². The summed E-state index contributed by atoms with van der Waals surface area (Å²) >= 11 is 1.49. The van der Waals surface area contributed by atoms with Crippen LogP contribution in [0.25, 0.3) is 0 Å². The SMILES string of the molecule is Cc1ccc(C)c(C(=O)CSc2nnc(N3CCCC3)n2C[C@H]2CCCO2)c1. The van der Waals surface area contributed by atoms with Gasteiger partial charge >= 0.3 is 0 Å². The third-order valence-electron chi connectivity index (χ3n) is 5.52. The minimum absolute atomic E-state index is 0.139. The average molecular weight is 401 g/mol.